The van der Waals surface area contributed by atoms with Gasteiger partial charge in [-0.05, 0) is 18.8 Å². The summed E-state index contributed by atoms with van der Waals surface area (Å²) in [5.74, 6) is -1.39. The number of hydrogen-bond donors (Lipinski definition) is 2. The highest BCUT2D eigenvalue weighted by Gasteiger charge is 2.27. The van der Waals surface area contributed by atoms with E-state index in [1.807, 2.05) is 13.0 Å². The number of carboxylic acid groups (broad SMARTS) is 1. The highest BCUT2D eigenvalue weighted by atomic mass is 16.4. The molecule has 6 heteroatoms. The minimum absolute atomic E-state index is 0.00769. The second-order valence-corrected chi connectivity index (χ2v) is 6.01. The van der Waals surface area contributed by atoms with Crippen molar-refractivity contribution in [3.63, 3.8) is 0 Å². The highest BCUT2D eigenvalue weighted by molar-refractivity contribution is 5.94. The predicted molar refractivity (Wildman–Crippen MR) is 74.1 cm³/mol. The van der Waals surface area contributed by atoms with Gasteiger partial charge in [0.05, 0.1) is 6.42 Å². The van der Waals surface area contributed by atoms with Crippen LogP contribution in [0.15, 0.2) is 11.6 Å². The number of carboxylic acids is 1. The molecule has 0 spiro atoms. The number of nitrogens with one attached hydrogen (secondary N) is 1. The van der Waals surface area contributed by atoms with E-state index in [2.05, 4.69) is 5.32 Å². The molecule has 1 rings (SSSR count). The van der Waals surface area contributed by atoms with E-state index in [1.165, 1.54) is 5.57 Å². The maximum Gasteiger partial charge on any atom is 0.324 e. The Morgan fingerprint density at radius 2 is 2.00 bits per heavy atom. The fraction of sp³-hybridized carbons (Fsp3) is 0.643. The molecule has 0 atom stereocenters. The molecular formula is C14H22N2O4. The van der Waals surface area contributed by atoms with E-state index in [-0.39, 0.29) is 12.8 Å². The standard InChI is InChI=1S/C14H22N2O4/c1-10-4-6-16(7-5-10)13(20)15-11(17)8-14(2,3)9-12(18)19/h4H,5-9H2,1-3H3,(H,18,19)(H,15,17,20). The molecular weight excluding hydrogens is 260 g/mol. The van der Waals surface area contributed by atoms with Crippen molar-refractivity contribution in [1.29, 1.82) is 0 Å². The van der Waals surface area contributed by atoms with Crippen LogP contribution in [0.4, 0.5) is 4.79 Å². The van der Waals surface area contributed by atoms with Crippen LogP contribution in [0.2, 0.25) is 0 Å². The summed E-state index contributed by atoms with van der Waals surface area (Å²) >= 11 is 0. The maximum atomic E-state index is 11.9. The fourth-order valence-corrected chi connectivity index (χ4v) is 2.10. The van der Waals surface area contributed by atoms with E-state index in [1.54, 1.807) is 18.7 Å². The highest BCUT2D eigenvalue weighted by Crippen LogP contribution is 2.24. The Kier molecular flexibility index (Phi) is 5.30. The van der Waals surface area contributed by atoms with Gasteiger partial charge >= 0.3 is 12.0 Å². The Morgan fingerprint density at radius 1 is 1.35 bits per heavy atom. The number of carbonyl (C=O) groups excluding carboxylic acids is 2. The summed E-state index contributed by atoms with van der Waals surface area (Å²) in [5.41, 5.74) is 0.567. The predicted octanol–water partition coefficient (Wildman–Crippen LogP) is 1.77. The molecule has 0 saturated heterocycles. The van der Waals surface area contributed by atoms with Crippen LogP contribution in [0.1, 0.15) is 40.0 Å². The van der Waals surface area contributed by atoms with E-state index in [4.69, 9.17) is 5.11 Å². The summed E-state index contributed by atoms with van der Waals surface area (Å²) in [6.45, 7) is 6.49. The van der Waals surface area contributed by atoms with Crippen LogP contribution >= 0.6 is 0 Å². The Labute approximate surface area is 118 Å². The number of rotatable bonds is 4. The molecule has 1 aliphatic heterocycles. The lowest BCUT2D eigenvalue weighted by molar-refractivity contribution is -0.139. The second-order valence-electron chi connectivity index (χ2n) is 6.01. The van der Waals surface area contributed by atoms with Crippen LogP contribution in [-0.2, 0) is 9.59 Å². The summed E-state index contributed by atoms with van der Waals surface area (Å²) in [5, 5.41) is 11.1. The first-order valence-electron chi connectivity index (χ1n) is 6.66. The minimum atomic E-state index is -0.953. The van der Waals surface area contributed by atoms with E-state index < -0.39 is 23.3 Å². The van der Waals surface area contributed by atoms with Crippen LogP contribution in [0.5, 0.6) is 0 Å². The zero-order valence-electron chi connectivity index (χ0n) is 12.2. The van der Waals surface area contributed by atoms with Crippen LogP contribution in [-0.4, -0.2) is 41.0 Å². The molecule has 0 aromatic carbocycles. The number of nitrogens with zero attached hydrogens (tertiary/aromatic N) is 1. The fourth-order valence-electron chi connectivity index (χ4n) is 2.10. The summed E-state index contributed by atoms with van der Waals surface area (Å²) in [4.78, 5) is 35.9. The van der Waals surface area contributed by atoms with Gasteiger partial charge < -0.3 is 10.0 Å². The third-order valence-corrected chi connectivity index (χ3v) is 3.24. The minimum Gasteiger partial charge on any atom is -0.481 e. The maximum absolute atomic E-state index is 11.9. The molecule has 0 fully saturated rings. The molecule has 0 aliphatic carbocycles. The molecule has 0 aromatic heterocycles. The normalized spacial score (nSPS) is 15.6. The van der Waals surface area contributed by atoms with Crippen LogP contribution in [0.25, 0.3) is 0 Å². The monoisotopic (exact) mass is 282 g/mol. The zero-order valence-corrected chi connectivity index (χ0v) is 12.2. The number of urea groups is 1. The van der Waals surface area contributed by atoms with Gasteiger partial charge in [0.2, 0.25) is 5.91 Å². The third-order valence-electron chi connectivity index (χ3n) is 3.24. The van der Waals surface area contributed by atoms with Crippen LogP contribution < -0.4 is 5.32 Å². The number of aliphatic carboxylic acids is 1. The first kappa shape index (κ1) is 16.2. The Bertz CT molecular complexity index is 440. The lowest BCUT2D eigenvalue weighted by atomic mass is 9.85. The SMILES string of the molecule is CC1=CCN(C(=O)NC(=O)CC(C)(C)CC(=O)O)CC1. The topological polar surface area (TPSA) is 86.7 Å². The Balaban J connectivity index is 2.46. The molecule has 20 heavy (non-hydrogen) atoms. The van der Waals surface area contributed by atoms with E-state index in [9.17, 15) is 14.4 Å². The quantitative estimate of drug-likeness (QED) is 0.769. The molecule has 112 valence electrons. The van der Waals surface area contributed by atoms with Crippen molar-refractivity contribution in [2.75, 3.05) is 13.1 Å². The average Bonchev–Trinajstić information content (AvgIpc) is 2.26. The van der Waals surface area contributed by atoms with Gasteiger partial charge in [-0.2, -0.15) is 0 Å². The van der Waals surface area contributed by atoms with Crippen LogP contribution in [0.3, 0.4) is 0 Å². The summed E-state index contributed by atoms with van der Waals surface area (Å²) in [7, 11) is 0. The molecule has 6 nitrogen and oxygen atoms in total. The van der Waals surface area contributed by atoms with Gasteiger partial charge in [0, 0.05) is 19.5 Å². The summed E-state index contributed by atoms with van der Waals surface area (Å²) in [6, 6.07) is -0.412. The van der Waals surface area contributed by atoms with Crippen molar-refractivity contribution < 1.29 is 19.5 Å². The first-order chi connectivity index (χ1) is 9.19. The van der Waals surface area contributed by atoms with Gasteiger partial charge in [-0.25, -0.2) is 4.79 Å². The van der Waals surface area contributed by atoms with Crippen molar-refractivity contribution in [1.82, 2.24) is 10.2 Å². The molecule has 3 amide bonds. The summed E-state index contributed by atoms with van der Waals surface area (Å²) in [6.07, 6.45) is 2.67. The summed E-state index contributed by atoms with van der Waals surface area (Å²) < 4.78 is 0. The molecule has 1 aliphatic rings. The Morgan fingerprint density at radius 3 is 2.50 bits per heavy atom. The van der Waals surface area contributed by atoms with Gasteiger partial charge in [-0.3, -0.25) is 14.9 Å². The number of hydrogen-bond acceptors (Lipinski definition) is 3. The van der Waals surface area contributed by atoms with Crippen molar-refractivity contribution in [2.24, 2.45) is 5.41 Å². The smallest absolute Gasteiger partial charge is 0.324 e. The molecule has 1 heterocycles. The molecule has 2 N–H and O–H groups in total. The van der Waals surface area contributed by atoms with Crippen LogP contribution in [0, 0.1) is 5.41 Å². The van der Waals surface area contributed by atoms with Crippen molar-refractivity contribution in [3.8, 4) is 0 Å². The average molecular weight is 282 g/mol. The second kappa shape index (κ2) is 6.54. The number of amides is 3. The van der Waals surface area contributed by atoms with Gasteiger partial charge in [-0.1, -0.05) is 25.5 Å². The molecule has 0 aromatic rings. The van der Waals surface area contributed by atoms with E-state index >= 15 is 0 Å². The van der Waals surface area contributed by atoms with Gasteiger partial charge in [-0.15, -0.1) is 0 Å². The number of imide groups is 1. The van der Waals surface area contributed by atoms with Gasteiger partial charge in [0.15, 0.2) is 0 Å². The molecule has 0 radical (unpaired) electrons. The third kappa shape index (κ3) is 5.42. The molecule has 0 bridgehead atoms. The number of carbonyl (C=O) groups is 3. The van der Waals surface area contributed by atoms with E-state index in [0.717, 1.165) is 6.42 Å². The zero-order chi connectivity index (χ0) is 15.3. The van der Waals surface area contributed by atoms with Crippen molar-refractivity contribution >= 4 is 17.9 Å². The lowest BCUT2D eigenvalue weighted by Crippen LogP contribution is -2.45. The molecule has 0 saturated carbocycles. The lowest BCUT2D eigenvalue weighted by Gasteiger charge is -2.26. The Hall–Kier alpha value is -1.85. The van der Waals surface area contributed by atoms with Gasteiger partial charge in [0.1, 0.15) is 0 Å². The van der Waals surface area contributed by atoms with Crippen molar-refractivity contribution in [3.05, 3.63) is 11.6 Å². The van der Waals surface area contributed by atoms with Gasteiger partial charge in [0.25, 0.3) is 0 Å². The van der Waals surface area contributed by atoms with Crippen molar-refractivity contribution in [2.45, 2.75) is 40.0 Å². The largest absolute Gasteiger partial charge is 0.481 e. The first-order valence-corrected chi connectivity index (χ1v) is 6.66. The molecule has 0 unspecified atom stereocenters. The van der Waals surface area contributed by atoms with E-state index in [0.29, 0.717) is 13.1 Å².